The number of nitrogens with one attached hydrogen (secondary N) is 1. The molecule has 0 saturated carbocycles. The zero-order chi connectivity index (χ0) is 15.4. The molecule has 6 heteroatoms. The van der Waals surface area contributed by atoms with Crippen molar-refractivity contribution in [2.75, 3.05) is 33.4 Å². The van der Waals surface area contributed by atoms with E-state index in [1.54, 1.807) is 0 Å². The molecule has 3 rings (SSSR count). The van der Waals surface area contributed by atoms with Crippen LogP contribution in [0.3, 0.4) is 0 Å². The first-order valence-electron chi connectivity index (χ1n) is 8.10. The Kier molecular flexibility index (Phi) is 6.54. The Bertz CT molecular complexity index is 539. The number of rotatable bonds is 4. The van der Waals surface area contributed by atoms with Crippen molar-refractivity contribution in [2.45, 2.75) is 31.7 Å². The maximum Gasteiger partial charge on any atom is 0.222 e. The van der Waals surface area contributed by atoms with Crippen molar-refractivity contribution in [2.24, 2.45) is 0 Å². The van der Waals surface area contributed by atoms with Crippen molar-refractivity contribution in [3.63, 3.8) is 0 Å². The van der Waals surface area contributed by atoms with Gasteiger partial charge in [-0.2, -0.15) is 0 Å². The normalized spacial score (nSPS) is 19.9. The topological polar surface area (TPSA) is 50.8 Å². The summed E-state index contributed by atoms with van der Waals surface area (Å²) in [5.41, 5.74) is 1.12. The third kappa shape index (κ3) is 4.52. The van der Waals surface area contributed by atoms with Crippen molar-refractivity contribution >= 4 is 18.3 Å². The van der Waals surface area contributed by atoms with Crippen molar-refractivity contribution < 1.29 is 14.3 Å². The average Bonchev–Trinajstić information content (AvgIpc) is 2.59. The van der Waals surface area contributed by atoms with E-state index in [-0.39, 0.29) is 18.3 Å². The Balaban J connectivity index is 0.00000192. The fourth-order valence-corrected chi connectivity index (χ4v) is 3.09. The first-order chi connectivity index (χ1) is 10.8. The lowest BCUT2D eigenvalue weighted by Gasteiger charge is -2.32. The van der Waals surface area contributed by atoms with E-state index in [1.807, 2.05) is 30.1 Å². The third-order valence-electron chi connectivity index (χ3n) is 4.42. The second-order valence-electron chi connectivity index (χ2n) is 5.95. The van der Waals surface area contributed by atoms with Gasteiger partial charge in [0.25, 0.3) is 0 Å². The molecule has 0 bridgehead atoms. The van der Waals surface area contributed by atoms with Crippen LogP contribution in [-0.2, 0) is 11.2 Å². The molecule has 5 nitrogen and oxygen atoms in total. The highest BCUT2D eigenvalue weighted by Crippen LogP contribution is 2.31. The average molecular weight is 341 g/mol. The van der Waals surface area contributed by atoms with E-state index in [1.165, 1.54) is 0 Å². The predicted molar refractivity (Wildman–Crippen MR) is 91.7 cm³/mol. The number of aryl methyl sites for hydroxylation is 1. The first-order valence-corrected chi connectivity index (χ1v) is 8.10. The highest BCUT2D eigenvalue weighted by atomic mass is 35.5. The summed E-state index contributed by atoms with van der Waals surface area (Å²) in [6.07, 6.45) is 3.54. The maximum atomic E-state index is 12.4. The fourth-order valence-electron chi connectivity index (χ4n) is 3.09. The number of carbonyl (C=O) groups is 1. The molecular formula is C17H25ClN2O3. The Labute approximate surface area is 143 Å². The van der Waals surface area contributed by atoms with Crippen LogP contribution < -0.4 is 14.8 Å². The van der Waals surface area contributed by atoms with Crippen LogP contribution >= 0.6 is 12.4 Å². The molecule has 2 heterocycles. The molecule has 128 valence electrons. The van der Waals surface area contributed by atoms with Crippen molar-refractivity contribution in [3.05, 3.63) is 23.8 Å². The number of halogens is 1. The van der Waals surface area contributed by atoms with E-state index in [4.69, 9.17) is 9.47 Å². The summed E-state index contributed by atoms with van der Waals surface area (Å²) in [6.45, 7) is 2.91. The molecule has 1 fully saturated rings. The van der Waals surface area contributed by atoms with Gasteiger partial charge in [0.15, 0.2) is 11.5 Å². The summed E-state index contributed by atoms with van der Waals surface area (Å²) in [4.78, 5) is 14.4. The van der Waals surface area contributed by atoms with E-state index in [2.05, 4.69) is 5.32 Å². The number of hydrogen-bond donors (Lipinski definition) is 1. The van der Waals surface area contributed by atoms with Gasteiger partial charge in [-0.05, 0) is 44.0 Å². The number of ether oxygens (including phenoxy) is 2. The Morgan fingerprint density at radius 2 is 2.09 bits per heavy atom. The second kappa shape index (κ2) is 8.41. The summed E-state index contributed by atoms with van der Waals surface area (Å²) < 4.78 is 11.1. The maximum absolute atomic E-state index is 12.4. The van der Waals surface area contributed by atoms with Crippen LogP contribution in [0.1, 0.15) is 24.8 Å². The second-order valence-corrected chi connectivity index (χ2v) is 5.95. The van der Waals surface area contributed by atoms with Crippen LogP contribution in [-0.4, -0.2) is 50.2 Å². The van der Waals surface area contributed by atoms with Gasteiger partial charge in [0.05, 0.1) is 0 Å². The molecule has 1 N–H and O–H groups in total. The number of fused-ring (bicyclic) bond motifs is 1. The Morgan fingerprint density at radius 3 is 2.87 bits per heavy atom. The minimum Gasteiger partial charge on any atom is -0.486 e. The number of likely N-dealkylation sites (N-methyl/N-ethyl adjacent to an activating group) is 1. The number of piperidine rings is 1. The summed E-state index contributed by atoms with van der Waals surface area (Å²) in [5, 5.41) is 3.27. The molecule has 23 heavy (non-hydrogen) atoms. The smallest absolute Gasteiger partial charge is 0.222 e. The molecule has 0 aromatic heterocycles. The fraction of sp³-hybridized carbons (Fsp3) is 0.588. The molecule has 1 saturated heterocycles. The number of likely N-dealkylation sites (tertiary alicyclic amines) is 1. The van der Waals surface area contributed by atoms with Crippen molar-refractivity contribution in [1.29, 1.82) is 0 Å². The Hall–Kier alpha value is -1.46. The summed E-state index contributed by atoms with van der Waals surface area (Å²) in [5.74, 6) is 1.84. The van der Waals surface area contributed by atoms with Crippen LogP contribution in [0.5, 0.6) is 11.5 Å². The van der Waals surface area contributed by atoms with Crippen LogP contribution in [0.2, 0.25) is 0 Å². The van der Waals surface area contributed by atoms with Gasteiger partial charge in [-0.25, -0.2) is 0 Å². The summed E-state index contributed by atoms with van der Waals surface area (Å²) in [7, 11) is 1.97. The molecule has 1 aromatic rings. The van der Waals surface area contributed by atoms with Gasteiger partial charge < -0.3 is 19.7 Å². The molecule has 0 radical (unpaired) electrons. The first kappa shape index (κ1) is 17.9. The van der Waals surface area contributed by atoms with Gasteiger partial charge in [0, 0.05) is 25.6 Å². The van der Waals surface area contributed by atoms with Crippen molar-refractivity contribution in [1.82, 2.24) is 10.2 Å². The van der Waals surface area contributed by atoms with E-state index in [9.17, 15) is 4.79 Å². The zero-order valence-corrected chi connectivity index (χ0v) is 14.4. The van der Waals surface area contributed by atoms with E-state index >= 15 is 0 Å². The number of carbonyl (C=O) groups excluding carboxylic acids is 1. The largest absolute Gasteiger partial charge is 0.486 e. The molecule has 1 atom stereocenters. The van der Waals surface area contributed by atoms with Gasteiger partial charge in [-0.3, -0.25) is 4.79 Å². The molecule has 2 aliphatic heterocycles. The van der Waals surface area contributed by atoms with E-state index in [0.717, 1.165) is 49.4 Å². The van der Waals surface area contributed by atoms with Gasteiger partial charge in [-0.1, -0.05) is 6.07 Å². The van der Waals surface area contributed by atoms with Gasteiger partial charge in [0.1, 0.15) is 13.2 Å². The molecule has 0 aliphatic carbocycles. The van der Waals surface area contributed by atoms with Crippen molar-refractivity contribution in [3.8, 4) is 11.5 Å². The lowest BCUT2D eigenvalue weighted by molar-refractivity contribution is -0.132. The predicted octanol–water partition coefficient (Wildman–Crippen LogP) is 2.02. The van der Waals surface area contributed by atoms with E-state index < -0.39 is 0 Å². The minimum atomic E-state index is 0. The lowest BCUT2D eigenvalue weighted by Crippen LogP contribution is -2.47. The third-order valence-corrected chi connectivity index (χ3v) is 4.42. The molecular weight excluding hydrogens is 316 g/mol. The van der Waals surface area contributed by atoms with Crippen LogP contribution in [0, 0.1) is 0 Å². The molecule has 1 amide bonds. The van der Waals surface area contributed by atoms with Gasteiger partial charge in [0.2, 0.25) is 5.91 Å². The molecule has 0 spiro atoms. The molecule has 1 unspecified atom stereocenters. The highest BCUT2D eigenvalue weighted by Gasteiger charge is 2.22. The number of amides is 1. The minimum absolute atomic E-state index is 0. The van der Waals surface area contributed by atoms with E-state index in [0.29, 0.717) is 25.7 Å². The quantitative estimate of drug-likeness (QED) is 0.911. The Morgan fingerprint density at radius 1 is 1.30 bits per heavy atom. The molecule has 2 aliphatic rings. The highest BCUT2D eigenvalue weighted by molar-refractivity contribution is 5.85. The number of benzene rings is 1. The van der Waals surface area contributed by atoms with Crippen LogP contribution in [0.4, 0.5) is 0 Å². The number of nitrogens with zero attached hydrogens (tertiary/aromatic N) is 1. The molecule has 1 aromatic carbocycles. The van der Waals surface area contributed by atoms with Gasteiger partial charge >= 0.3 is 0 Å². The lowest BCUT2D eigenvalue weighted by atomic mass is 10.0. The summed E-state index contributed by atoms with van der Waals surface area (Å²) >= 11 is 0. The standard InChI is InChI=1S/C17H24N2O3.ClH/c1-18-14-3-2-8-19(12-14)17(20)7-5-13-4-6-15-16(11-13)22-10-9-21-15;/h4,6,11,14,18H,2-3,5,7-10,12H2,1H3;1H. The van der Waals surface area contributed by atoms with Crippen LogP contribution in [0.15, 0.2) is 18.2 Å². The zero-order valence-electron chi connectivity index (χ0n) is 13.5. The monoisotopic (exact) mass is 340 g/mol. The SMILES string of the molecule is CNC1CCCN(C(=O)CCc2ccc3c(c2)OCCO3)C1.Cl. The van der Waals surface area contributed by atoms with Gasteiger partial charge in [-0.15, -0.1) is 12.4 Å². The van der Waals surface area contributed by atoms with Crippen LogP contribution in [0.25, 0.3) is 0 Å². The number of hydrogen-bond acceptors (Lipinski definition) is 4. The summed E-state index contributed by atoms with van der Waals surface area (Å²) in [6, 6.07) is 6.39.